The van der Waals surface area contributed by atoms with Crippen molar-refractivity contribution in [1.82, 2.24) is 15.2 Å². The van der Waals surface area contributed by atoms with Crippen molar-refractivity contribution in [2.24, 2.45) is 11.8 Å². The SMILES string of the molecule is CC(C)CS(=O)(=O)CC(CC(=O)N1CCOCC1)C(=O)NC(CCc1ccccc1)C(O)c1ncco1. The number of aromatic nitrogens is 1. The Morgan fingerprint density at radius 3 is 2.46 bits per heavy atom. The maximum absolute atomic E-state index is 13.5. The van der Waals surface area contributed by atoms with Crippen LogP contribution >= 0.6 is 0 Å². The number of hydrogen-bond acceptors (Lipinski definition) is 8. The molecule has 0 aliphatic carbocycles. The summed E-state index contributed by atoms with van der Waals surface area (Å²) in [5.41, 5.74) is 1.01. The number of amides is 2. The molecule has 3 rings (SSSR count). The van der Waals surface area contributed by atoms with Gasteiger partial charge in [-0.2, -0.15) is 0 Å². The van der Waals surface area contributed by atoms with Crippen molar-refractivity contribution in [3.05, 3.63) is 54.2 Å². The molecule has 1 aromatic heterocycles. The van der Waals surface area contributed by atoms with Gasteiger partial charge in [0.2, 0.25) is 17.7 Å². The fraction of sp³-hybridized carbons (Fsp3) is 0.577. The van der Waals surface area contributed by atoms with E-state index < -0.39 is 39.6 Å². The Balaban J connectivity index is 1.78. The third kappa shape index (κ3) is 9.24. The molecule has 2 N–H and O–H groups in total. The Morgan fingerprint density at radius 2 is 1.84 bits per heavy atom. The monoisotopic (exact) mass is 535 g/mol. The average molecular weight is 536 g/mol. The number of rotatable bonds is 13. The van der Waals surface area contributed by atoms with Gasteiger partial charge in [0.15, 0.2) is 15.9 Å². The molecule has 1 aliphatic heterocycles. The molecule has 11 heteroatoms. The average Bonchev–Trinajstić information content (AvgIpc) is 3.41. The zero-order valence-electron chi connectivity index (χ0n) is 21.4. The number of carbonyl (C=O) groups excluding carboxylic acids is 2. The van der Waals surface area contributed by atoms with Crippen LogP contribution in [0.1, 0.15) is 44.2 Å². The van der Waals surface area contributed by atoms with Gasteiger partial charge in [-0.05, 0) is 24.3 Å². The second-order valence-corrected chi connectivity index (χ2v) is 12.0. The van der Waals surface area contributed by atoms with E-state index in [1.165, 1.54) is 12.5 Å². The van der Waals surface area contributed by atoms with Gasteiger partial charge in [0.05, 0.1) is 42.9 Å². The summed E-state index contributed by atoms with van der Waals surface area (Å²) in [5.74, 6) is -2.60. The second-order valence-electron chi connectivity index (χ2n) is 9.82. The first-order chi connectivity index (χ1) is 17.6. The van der Waals surface area contributed by atoms with E-state index in [0.29, 0.717) is 39.1 Å². The molecule has 1 aromatic carbocycles. The predicted molar refractivity (Wildman–Crippen MR) is 137 cm³/mol. The van der Waals surface area contributed by atoms with Crippen molar-refractivity contribution in [2.75, 3.05) is 37.8 Å². The first kappa shape index (κ1) is 28.8. The summed E-state index contributed by atoms with van der Waals surface area (Å²) in [4.78, 5) is 32.0. The molecule has 37 heavy (non-hydrogen) atoms. The Labute approximate surface area is 218 Å². The second kappa shape index (κ2) is 13.7. The van der Waals surface area contributed by atoms with Crippen molar-refractivity contribution in [3.63, 3.8) is 0 Å². The van der Waals surface area contributed by atoms with Crippen LogP contribution in [0.5, 0.6) is 0 Å². The topological polar surface area (TPSA) is 139 Å². The lowest BCUT2D eigenvalue weighted by Crippen LogP contribution is -2.47. The van der Waals surface area contributed by atoms with Crippen molar-refractivity contribution < 1.29 is 32.3 Å². The summed E-state index contributed by atoms with van der Waals surface area (Å²) in [7, 11) is -3.61. The molecular weight excluding hydrogens is 498 g/mol. The van der Waals surface area contributed by atoms with E-state index >= 15 is 0 Å². The number of benzene rings is 1. The number of nitrogens with one attached hydrogen (secondary N) is 1. The summed E-state index contributed by atoms with van der Waals surface area (Å²) in [5, 5.41) is 13.7. The van der Waals surface area contributed by atoms with Crippen LogP contribution in [0, 0.1) is 11.8 Å². The highest BCUT2D eigenvalue weighted by atomic mass is 32.2. The first-order valence-corrected chi connectivity index (χ1v) is 14.4. The molecule has 10 nitrogen and oxygen atoms in total. The van der Waals surface area contributed by atoms with E-state index in [9.17, 15) is 23.1 Å². The van der Waals surface area contributed by atoms with Gasteiger partial charge >= 0.3 is 0 Å². The lowest BCUT2D eigenvalue weighted by molar-refractivity contribution is -0.139. The van der Waals surface area contributed by atoms with E-state index in [1.54, 1.807) is 18.7 Å². The molecule has 2 heterocycles. The lowest BCUT2D eigenvalue weighted by atomic mass is 9.99. The normalized spacial score (nSPS) is 16.8. The number of aryl methyl sites for hydroxylation is 1. The summed E-state index contributed by atoms with van der Waals surface area (Å²) in [6.07, 6.45) is 2.14. The van der Waals surface area contributed by atoms with Gasteiger partial charge < -0.3 is 24.5 Å². The van der Waals surface area contributed by atoms with Crippen molar-refractivity contribution >= 4 is 21.7 Å². The minimum absolute atomic E-state index is 0.0479. The van der Waals surface area contributed by atoms with Crippen LogP contribution in [0.4, 0.5) is 0 Å². The first-order valence-electron chi connectivity index (χ1n) is 12.6. The Bertz CT molecular complexity index is 1080. The largest absolute Gasteiger partial charge is 0.446 e. The third-order valence-electron chi connectivity index (χ3n) is 6.20. The van der Waals surface area contributed by atoms with Gasteiger partial charge in [0.25, 0.3) is 0 Å². The lowest BCUT2D eigenvalue weighted by Gasteiger charge is -2.29. The van der Waals surface area contributed by atoms with Crippen LogP contribution in [-0.2, 0) is 30.6 Å². The maximum atomic E-state index is 13.5. The Morgan fingerprint density at radius 1 is 1.14 bits per heavy atom. The molecule has 2 aromatic rings. The zero-order chi connectivity index (χ0) is 26.8. The molecular formula is C26H37N3O7S. The highest BCUT2D eigenvalue weighted by molar-refractivity contribution is 7.91. The van der Waals surface area contributed by atoms with Gasteiger partial charge in [-0.3, -0.25) is 9.59 Å². The molecule has 0 radical (unpaired) electrons. The van der Waals surface area contributed by atoms with Crippen LogP contribution < -0.4 is 5.32 Å². The highest BCUT2D eigenvalue weighted by Gasteiger charge is 2.34. The number of oxazole rings is 1. The molecule has 204 valence electrons. The van der Waals surface area contributed by atoms with Crippen LogP contribution in [0.3, 0.4) is 0 Å². The van der Waals surface area contributed by atoms with Gasteiger partial charge in [0.1, 0.15) is 6.26 Å². The molecule has 0 saturated carbocycles. The number of nitrogens with zero attached hydrogens (tertiary/aromatic N) is 2. The number of hydrogen-bond donors (Lipinski definition) is 2. The molecule has 0 bridgehead atoms. The summed E-state index contributed by atoms with van der Waals surface area (Å²) in [6, 6.07) is 8.79. The predicted octanol–water partition coefficient (Wildman–Crippen LogP) is 1.76. The molecule has 3 atom stereocenters. The van der Waals surface area contributed by atoms with E-state index in [-0.39, 0.29) is 29.9 Å². The summed E-state index contributed by atoms with van der Waals surface area (Å²) >= 11 is 0. The van der Waals surface area contributed by atoms with Gasteiger partial charge in [-0.1, -0.05) is 44.2 Å². The zero-order valence-corrected chi connectivity index (χ0v) is 22.2. The molecule has 1 aliphatic rings. The van der Waals surface area contributed by atoms with Crippen LogP contribution in [0.25, 0.3) is 0 Å². The van der Waals surface area contributed by atoms with Gasteiger partial charge in [-0.25, -0.2) is 13.4 Å². The van der Waals surface area contributed by atoms with Crippen molar-refractivity contribution in [1.29, 1.82) is 0 Å². The Hall–Kier alpha value is -2.76. The molecule has 1 fully saturated rings. The van der Waals surface area contributed by atoms with E-state index in [1.807, 2.05) is 30.3 Å². The van der Waals surface area contributed by atoms with Gasteiger partial charge in [0, 0.05) is 19.5 Å². The quantitative estimate of drug-likeness (QED) is 0.396. The smallest absolute Gasteiger partial charge is 0.224 e. The summed E-state index contributed by atoms with van der Waals surface area (Å²) < 4.78 is 36.2. The van der Waals surface area contributed by atoms with E-state index in [2.05, 4.69) is 10.3 Å². The highest BCUT2D eigenvalue weighted by Crippen LogP contribution is 2.21. The molecule has 1 saturated heterocycles. The number of sulfone groups is 1. The minimum Gasteiger partial charge on any atom is -0.446 e. The molecule has 3 unspecified atom stereocenters. The number of morpholine rings is 1. The molecule has 2 amide bonds. The van der Waals surface area contributed by atoms with Crippen LogP contribution in [0.2, 0.25) is 0 Å². The van der Waals surface area contributed by atoms with Crippen LogP contribution in [-0.4, -0.2) is 79.1 Å². The number of aliphatic hydroxyl groups excluding tert-OH is 1. The molecule has 0 spiro atoms. The fourth-order valence-electron chi connectivity index (χ4n) is 4.39. The number of carbonyl (C=O) groups is 2. The van der Waals surface area contributed by atoms with Crippen molar-refractivity contribution in [3.8, 4) is 0 Å². The maximum Gasteiger partial charge on any atom is 0.224 e. The standard InChI is InChI=1S/C26H37N3O7S/c1-19(2)17-37(33,34)18-21(16-23(30)29-11-14-35-15-12-29)25(32)28-22(24(31)26-27-10-13-36-26)9-8-20-6-4-3-5-7-20/h3-7,10,13,19,21-22,24,31H,8-9,11-12,14-18H2,1-2H3,(H,28,32). The van der Waals surface area contributed by atoms with Crippen LogP contribution in [0.15, 0.2) is 47.2 Å². The summed E-state index contributed by atoms with van der Waals surface area (Å²) in [6.45, 7) is 5.18. The number of ether oxygens (including phenoxy) is 1. The Kier molecular flexibility index (Phi) is 10.7. The van der Waals surface area contributed by atoms with Crippen molar-refractivity contribution in [2.45, 2.75) is 45.3 Å². The van der Waals surface area contributed by atoms with E-state index in [0.717, 1.165) is 5.56 Å². The third-order valence-corrected chi connectivity index (χ3v) is 8.28. The van der Waals surface area contributed by atoms with Gasteiger partial charge in [-0.15, -0.1) is 0 Å². The minimum atomic E-state index is -3.61. The fourth-order valence-corrected chi connectivity index (χ4v) is 6.43. The van der Waals surface area contributed by atoms with E-state index in [4.69, 9.17) is 9.15 Å². The number of aliphatic hydroxyl groups is 1.